The average molecular weight is 375 g/mol. The van der Waals surface area contributed by atoms with Gasteiger partial charge in [-0.05, 0) is 56.7 Å². The maximum atomic E-state index is 12.2. The van der Waals surface area contributed by atoms with E-state index in [2.05, 4.69) is 16.3 Å². The molecule has 0 aliphatic rings. The molecule has 1 amide bonds. The number of nitrogens with zero attached hydrogens (tertiary/aromatic N) is 1. The Hall–Kier alpha value is -2.18. The van der Waals surface area contributed by atoms with E-state index >= 15 is 0 Å². The monoisotopic (exact) mass is 374 g/mol. The Morgan fingerprint density at radius 3 is 2.46 bits per heavy atom. The number of benzene rings is 1. The van der Waals surface area contributed by atoms with Crippen LogP contribution in [0.1, 0.15) is 41.0 Å². The van der Waals surface area contributed by atoms with E-state index < -0.39 is 0 Å². The highest BCUT2D eigenvalue weighted by molar-refractivity contribution is 7.10. The second-order valence-corrected chi connectivity index (χ2v) is 7.16. The summed E-state index contributed by atoms with van der Waals surface area (Å²) in [6.07, 6.45) is 0.391. The molecule has 1 atom stereocenters. The number of amides is 1. The molecule has 26 heavy (non-hydrogen) atoms. The first-order valence-corrected chi connectivity index (χ1v) is 9.61. The molecule has 0 aliphatic heterocycles. The number of hydrogen-bond donors (Lipinski definition) is 1. The van der Waals surface area contributed by atoms with Crippen molar-refractivity contribution in [2.45, 2.75) is 25.8 Å². The fourth-order valence-electron chi connectivity index (χ4n) is 2.59. The molecule has 1 aromatic carbocycles. The van der Waals surface area contributed by atoms with Gasteiger partial charge in [0.05, 0.1) is 12.6 Å². The van der Waals surface area contributed by atoms with E-state index in [0.717, 1.165) is 5.75 Å². The topological polar surface area (TPSA) is 58.6 Å². The number of rotatable bonds is 10. The van der Waals surface area contributed by atoms with Crippen molar-refractivity contribution in [3.8, 4) is 5.75 Å². The third-order valence-electron chi connectivity index (χ3n) is 4.05. The van der Waals surface area contributed by atoms with E-state index in [0.29, 0.717) is 18.7 Å². The van der Waals surface area contributed by atoms with Gasteiger partial charge in [0.2, 0.25) is 5.91 Å². The summed E-state index contributed by atoms with van der Waals surface area (Å²) in [5.74, 6) is 0.600. The van der Waals surface area contributed by atoms with Crippen molar-refractivity contribution in [3.63, 3.8) is 0 Å². The molecule has 0 radical (unpaired) electrons. The number of nitrogens with one attached hydrogen (secondary N) is 1. The normalized spacial score (nSPS) is 12.0. The van der Waals surface area contributed by atoms with Gasteiger partial charge >= 0.3 is 0 Å². The zero-order valence-corrected chi connectivity index (χ0v) is 16.3. The molecule has 1 aromatic heterocycles. The quantitative estimate of drug-likeness (QED) is 0.647. The molecule has 0 saturated heterocycles. The van der Waals surface area contributed by atoms with Crippen molar-refractivity contribution in [2.24, 2.45) is 0 Å². The smallest absolute Gasteiger partial charge is 0.220 e. The van der Waals surface area contributed by atoms with Crippen LogP contribution in [0, 0.1) is 0 Å². The van der Waals surface area contributed by atoms with Crippen LogP contribution in [0.4, 0.5) is 0 Å². The van der Waals surface area contributed by atoms with E-state index in [1.54, 1.807) is 35.6 Å². The largest absolute Gasteiger partial charge is 0.494 e. The first-order valence-electron chi connectivity index (χ1n) is 8.73. The lowest BCUT2D eigenvalue weighted by molar-refractivity contribution is -0.121. The Morgan fingerprint density at radius 2 is 1.88 bits per heavy atom. The lowest BCUT2D eigenvalue weighted by Gasteiger charge is -2.23. The maximum Gasteiger partial charge on any atom is 0.220 e. The fraction of sp³-hybridized carbons (Fsp3) is 0.400. The number of ketones is 1. The SMILES string of the molecule is CCOc1ccc(C(=O)CCC(=O)NC[C@H](c2cccs2)N(C)C)cc1. The summed E-state index contributed by atoms with van der Waals surface area (Å²) in [6, 6.07) is 11.2. The molecule has 2 aromatic rings. The Bertz CT molecular complexity index is 696. The minimum atomic E-state index is -0.104. The number of carbonyl (C=O) groups is 2. The molecule has 0 aliphatic carbocycles. The molecular formula is C20H26N2O3S. The van der Waals surface area contributed by atoms with Gasteiger partial charge in [0.15, 0.2) is 5.78 Å². The summed E-state index contributed by atoms with van der Waals surface area (Å²) in [6.45, 7) is 3.04. The van der Waals surface area contributed by atoms with Gasteiger partial charge in [0, 0.05) is 29.8 Å². The van der Waals surface area contributed by atoms with Gasteiger partial charge in [-0.2, -0.15) is 0 Å². The molecular weight excluding hydrogens is 348 g/mol. The molecule has 5 nitrogen and oxygen atoms in total. The summed E-state index contributed by atoms with van der Waals surface area (Å²) in [7, 11) is 3.98. The Balaban J connectivity index is 1.79. The van der Waals surface area contributed by atoms with Gasteiger partial charge in [0.25, 0.3) is 0 Å². The predicted octanol–water partition coefficient (Wildman–Crippen LogP) is 3.53. The van der Waals surface area contributed by atoms with Gasteiger partial charge in [-0.3, -0.25) is 9.59 Å². The van der Waals surface area contributed by atoms with Gasteiger partial charge in [-0.1, -0.05) is 6.07 Å². The highest BCUT2D eigenvalue weighted by Crippen LogP contribution is 2.22. The first-order chi connectivity index (χ1) is 12.5. The number of hydrogen-bond acceptors (Lipinski definition) is 5. The molecule has 1 N–H and O–H groups in total. The van der Waals surface area contributed by atoms with Crippen LogP contribution in [-0.2, 0) is 4.79 Å². The number of thiophene rings is 1. The van der Waals surface area contributed by atoms with Crippen molar-refractivity contribution in [3.05, 3.63) is 52.2 Å². The van der Waals surface area contributed by atoms with Crippen LogP contribution >= 0.6 is 11.3 Å². The summed E-state index contributed by atoms with van der Waals surface area (Å²) < 4.78 is 5.36. The second-order valence-electron chi connectivity index (χ2n) is 6.18. The van der Waals surface area contributed by atoms with Crippen LogP contribution in [-0.4, -0.2) is 43.8 Å². The molecule has 0 bridgehead atoms. The molecule has 140 valence electrons. The van der Waals surface area contributed by atoms with E-state index in [9.17, 15) is 9.59 Å². The lowest BCUT2D eigenvalue weighted by atomic mass is 10.1. The van der Waals surface area contributed by atoms with Crippen LogP contribution in [0.2, 0.25) is 0 Å². The van der Waals surface area contributed by atoms with Gasteiger partial charge < -0.3 is 15.0 Å². The van der Waals surface area contributed by atoms with E-state index in [1.165, 1.54) is 4.88 Å². The van der Waals surface area contributed by atoms with Crippen LogP contribution in [0.15, 0.2) is 41.8 Å². The fourth-order valence-corrected chi connectivity index (χ4v) is 3.52. The zero-order valence-electron chi connectivity index (χ0n) is 15.5. The van der Waals surface area contributed by atoms with Gasteiger partial charge in [-0.15, -0.1) is 11.3 Å². The minimum Gasteiger partial charge on any atom is -0.494 e. The summed E-state index contributed by atoms with van der Waals surface area (Å²) in [5.41, 5.74) is 0.603. The average Bonchev–Trinajstić information content (AvgIpc) is 3.15. The molecule has 1 heterocycles. The molecule has 0 unspecified atom stereocenters. The summed E-state index contributed by atoms with van der Waals surface area (Å²) in [4.78, 5) is 27.6. The van der Waals surface area contributed by atoms with E-state index in [4.69, 9.17) is 4.74 Å². The minimum absolute atomic E-state index is 0.0365. The van der Waals surface area contributed by atoms with Gasteiger partial charge in [-0.25, -0.2) is 0 Å². The van der Waals surface area contributed by atoms with Crippen LogP contribution in [0.3, 0.4) is 0 Å². The molecule has 2 rings (SSSR count). The molecule has 0 saturated carbocycles. The summed E-state index contributed by atoms with van der Waals surface area (Å²) >= 11 is 1.67. The number of carbonyl (C=O) groups excluding carboxylic acids is 2. The van der Waals surface area contributed by atoms with Crippen molar-refractivity contribution < 1.29 is 14.3 Å². The van der Waals surface area contributed by atoms with Crippen LogP contribution in [0.25, 0.3) is 0 Å². The molecule has 0 fully saturated rings. The number of likely N-dealkylation sites (N-methyl/N-ethyl adjacent to an activating group) is 1. The van der Waals surface area contributed by atoms with E-state index in [1.807, 2.05) is 32.5 Å². The third kappa shape index (κ3) is 5.97. The Labute approximate surface area is 159 Å². The zero-order chi connectivity index (χ0) is 18.9. The first kappa shape index (κ1) is 20.1. The molecule has 0 spiro atoms. The maximum absolute atomic E-state index is 12.2. The standard InChI is InChI=1S/C20H26N2O3S/c1-4-25-16-9-7-15(8-10-16)18(23)11-12-20(24)21-14-17(22(2)3)19-6-5-13-26-19/h5-10,13,17H,4,11-12,14H2,1-3H3,(H,21,24)/t17-/m1/s1. The number of ether oxygens (including phenoxy) is 1. The lowest BCUT2D eigenvalue weighted by Crippen LogP contribution is -2.34. The second kappa shape index (κ2) is 10.1. The van der Waals surface area contributed by atoms with Crippen molar-refractivity contribution >= 4 is 23.0 Å². The predicted molar refractivity (Wildman–Crippen MR) is 105 cm³/mol. The van der Waals surface area contributed by atoms with Crippen molar-refractivity contribution in [2.75, 3.05) is 27.2 Å². The number of Topliss-reactive ketones (excluding diaryl/α,β-unsaturated/α-hetero) is 1. The Morgan fingerprint density at radius 1 is 1.15 bits per heavy atom. The highest BCUT2D eigenvalue weighted by atomic mass is 32.1. The third-order valence-corrected chi connectivity index (χ3v) is 5.03. The van der Waals surface area contributed by atoms with Gasteiger partial charge in [0.1, 0.15) is 5.75 Å². The van der Waals surface area contributed by atoms with Crippen LogP contribution < -0.4 is 10.1 Å². The highest BCUT2D eigenvalue weighted by Gasteiger charge is 2.16. The van der Waals surface area contributed by atoms with Crippen molar-refractivity contribution in [1.82, 2.24) is 10.2 Å². The van der Waals surface area contributed by atoms with E-state index in [-0.39, 0.29) is 30.6 Å². The van der Waals surface area contributed by atoms with Crippen LogP contribution in [0.5, 0.6) is 5.75 Å². The molecule has 6 heteroatoms. The van der Waals surface area contributed by atoms with Crippen molar-refractivity contribution in [1.29, 1.82) is 0 Å². The Kier molecular flexibility index (Phi) is 7.81. The summed E-state index contributed by atoms with van der Waals surface area (Å²) in [5, 5.41) is 4.97.